The van der Waals surface area contributed by atoms with Crippen molar-refractivity contribution in [1.82, 2.24) is 4.90 Å². The first-order valence-electron chi connectivity index (χ1n) is 10.7. The molecule has 2 fully saturated rings. The molecule has 0 radical (unpaired) electrons. The van der Waals surface area contributed by atoms with Crippen LogP contribution in [0.1, 0.15) is 17.2 Å². The van der Waals surface area contributed by atoms with Crippen molar-refractivity contribution < 1.29 is 24.1 Å². The first-order valence-corrected chi connectivity index (χ1v) is 10.7. The number of non-ortho nitro benzene ring substituents is 1. The number of ether oxygens (including phenoxy) is 1. The van der Waals surface area contributed by atoms with E-state index in [1.54, 1.807) is 36.4 Å². The summed E-state index contributed by atoms with van der Waals surface area (Å²) < 4.78 is 5.37. The number of fused-ring (bicyclic) bond motifs is 1. The minimum Gasteiger partial charge on any atom is -0.496 e. The number of amides is 2. The van der Waals surface area contributed by atoms with E-state index in [2.05, 4.69) is 0 Å². The predicted molar refractivity (Wildman–Crippen MR) is 122 cm³/mol. The van der Waals surface area contributed by atoms with Gasteiger partial charge in [0.15, 0.2) is 6.10 Å². The molecule has 3 unspecified atom stereocenters. The lowest BCUT2D eigenvalue weighted by molar-refractivity contribution is -0.384. The van der Waals surface area contributed by atoms with Crippen LogP contribution in [0.3, 0.4) is 0 Å². The van der Waals surface area contributed by atoms with Crippen molar-refractivity contribution in [2.75, 3.05) is 12.2 Å². The van der Waals surface area contributed by atoms with Gasteiger partial charge in [0.05, 0.1) is 30.3 Å². The number of hydrogen-bond donors (Lipinski definition) is 0. The Kier molecular flexibility index (Phi) is 5.46. The number of imide groups is 1. The summed E-state index contributed by atoms with van der Waals surface area (Å²) >= 11 is 0. The Hall–Kier alpha value is -4.24. The second-order valence-corrected chi connectivity index (χ2v) is 8.08. The normalized spacial score (nSPS) is 21.6. The maximum absolute atomic E-state index is 13.6. The molecule has 3 aromatic rings. The van der Waals surface area contributed by atoms with E-state index in [-0.39, 0.29) is 12.2 Å². The Morgan fingerprint density at radius 2 is 1.71 bits per heavy atom. The fourth-order valence-corrected chi connectivity index (χ4v) is 4.59. The van der Waals surface area contributed by atoms with Crippen molar-refractivity contribution in [3.05, 3.63) is 100 Å². The third kappa shape index (κ3) is 3.56. The van der Waals surface area contributed by atoms with E-state index in [0.717, 1.165) is 0 Å². The maximum Gasteiger partial charge on any atom is 0.269 e. The van der Waals surface area contributed by atoms with Crippen LogP contribution < -0.4 is 9.80 Å². The standard InChI is InChI=1S/C25H21N3O6/c1-33-20-13-6-5-8-17(20)15-26-24(29)21-22(16-9-7-12-19(14-16)28(31)32)27(34-23(21)25(26)30)18-10-3-2-4-11-18/h2-14,21-23H,15H2,1H3. The predicted octanol–water partition coefficient (Wildman–Crippen LogP) is 3.65. The molecule has 0 spiro atoms. The number of nitro groups is 1. The zero-order chi connectivity index (χ0) is 23.8. The van der Waals surface area contributed by atoms with Gasteiger partial charge in [0, 0.05) is 17.7 Å². The van der Waals surface area contributed by atoms with Gasteiger partial charge in [-0.25, -0.2) is 5.06 Å². The van der Waals surface area contributed by atoms with Gasteiger partial charge in [0.1, 0.15) is 11.7 Å². The summed E-state index contributed by atoms with van der Waals surface area (Å²) in [5.41, 5.74) is 1.76. The van der Waals surface area contributed by atoms with E-state index in [1.165, 1.54) is 29.2 Å². The second-order valence-electron chi connectivity index (χ2n) is 8.08. The zero-order valence-electron chi connectivity index (χ0n) is 18.2. The molecule has 34 heavy (non-hydrogen) atoms. The molecule has 0 aliphatic carbocycles. The van der Waals surface area contributed by atoms with Crippen molar-refractivity contribution in [1.29, 1.82) is 0 Å². The highest BCUT2D eigenvalue weighted by molar-refractivity contribution is 6.07. The van der Waals surface area contributed by atoms with Crippen molar-refractivity contribution in [3.8, 4) is 5.75 Å². The van der Waals surface area contributed by atoms with Crippen molar-refractivity contribution in [2.45, 2.75) is 18.7 Å². The number of nitrogens with zero attached hydrogens (tertiary/aromatic N) is 3. The van der Waals surface area contributed by atoms with Gasteiger partial charge in [-0.1, -0.05) is 48.5 Å². The third-order valence-corrected chi connectivity index (χ3v) is 6.16. The molecule has 172 valence electrons. The van der Waals surface area contributed by atoms with E-state index in [1.807, 2.05) is 30.3 Å². The first-order chi connectivity index (χ1) is 16.5. The summed E-state index contributed by atoms with van der Waals surface area (Å²) in [6, 6.07) is 21.6. The van der Waals surface area contributed by atoms with Crippen LogP contribution >= 0.6 is 0 Å². The monoisotopic (exact) mass is 459 g/mol. The number of para-hydroxylation sites is 2. The number of likely N-dealkylation sites (tertiary alicyclic amines) is 1. The maximum atomic E-state index is 13.6. The number of hydrogen-bond acceptors (Lipinski definition) is 7. The van der Waals surface area contributed by atoms with Gasteiger partial charge in [-0.2, -0.15) is 0 Å². The van der Waals surface area contributed by atoms with Crippen LogP contribution in [0, 0.1) is 16.0 Å². The van der Waals surface area contributed by atoms with Gasteiger partial charge in [-0.05, 0) is 23.8 Å². The summed E-state index contributed by atoms with van der Waals surface area (Å²) in [6.45, 7) is 0.0467. The van der Waals surface area contributed by atoms with Crippen LogP contribution in [0.25, 0.3) is 0 Å². The molecule has 3 aromatic carbocycles. The summed E-state index contributed by atoms with van der Waals surface area (Å²) in [7, 11) is 1.53. The lowest BCUT2D eigenvalue weighted by atomic mass is 9.90. The molecule has 9 nitrogen and oxygen atoms in total. The summed E-state index contributed by atoms with van der Waals surface area (Å²) in [6.07, 6.45) is -1.04. The fraction of sp³-hybridized carbons (Fsp3) is 0.200. The highest BCUT2D eigenvalue weighted by Crippen LogP contribution is 2.47. The number of anilines is 1. The minimum atomic E-state index is -1.04. The SMILES string of the molecule is COc1ccccc1CN1C(=O)C2ON(c3ccccc3)C(c3cccc([N+](=O)[O-])c3)C2C1=O. The molecular formula is C25H21N3O6. The molecule has 0 bridgehead atoms. The van der Waals surface area contributed by atoms with Gasteiger partial charge in [0.25, 0.3) is 11.6 Å². The van der Waals surface area contributed by atoms with E-state index in [9.17, 15) is 19.7 Å². The molecule has 2 aliphatic heterocycles. The van der Waals surface area contributed by atoms with Crippen LogP contribution in [0.5, 0.6) is 5.75 Å². The zero-order valence-corrected chi connectivity index (χ0v) is 18.2. The Labute approximate surface area is 195 Å². The fourth-order valence-electron chi connectivity index (χ4n) is 4.59. The summed E-state index contributed by atoms with van der Waals surface area (Å²) in [5.74, 6) is -1.13. The second kappa shape index (κ2) is 8.60. The van der Waals surface area contributed by atoms with Crippen molar-refractivity contribution >= 4 is 23.2 Å². The number of benzene rings is 3. The van der Waals surface area contributed by atoms with E-state index in [0.29, 0.717) is 22.6 Å². The van der Waals surface area contributed by atoms with Crippen LogP contribution in [-0.4, -0.2) is 34.9 Å². The lowest BCUT2D eigenvalue weighted by Crippen LogP contribution is -2.37. The topological polar surface area (TPSA) is 102 Å². The molecule has 2 amide bonds. The van der Waals surface area contributed by atoms with E-state index >= 15 is 0 Å². The third-order valence-electron chi connectivity index (χ3n) is 6.16. The number of nitro benzene ring substituents is 1. The molecular weight excluding hydrogens is 438 g/mol. The quantitative estimate of drug-likeness (QED) is 0.315. The molecule has 5 rings (SSSR count). The highest BCUT2D eigenvalue weighted by atomic mass is 16.7. The van der Waals surface area contributed by atoms with Gasteiger partial charge in [0.2, 0.25) is 5.91 Å². The average molecular weight is 459 g/mol. The summed E-state index contributed by atoms with van der Waals surface area (Å²) in [5, 5.41) is 12.9. The number of methoxy groups -OCH3 is 1. The van der Waals surface area contributed by atoms with Crippen LogP contribution in [-0.2, 0) is 21.0 Å². The molecule has 0 aromatic heterocycles. The van der Waals surface area contributed by atoms with Crippen molar-refractivity contribution in [3.63, 3.8) is 0 Å². The average Bonchev–Trinajstić information content (AvgIpc) is 3.37. The van der Waals surface area contributed by atoms with Crippen LogP contribution in [0.15, 0.2) is 78.9 Å². The Morgan fingerprint density at radius 3 is 2.44 bits per heavy atom. The molecule has 0 N–H and O–H groups in total. The Balaban J connectivity index is 1.54. The smallest absolute Gasteiger partial charge is 0.269 e. The van der Waals surface area contributed by atoms with Gasteiger partial charge < -0.3 is 4.74 Å². The molecule has 2 heterocycles. The Morgan fingerprint density at radius 1 is 0.971 bits per heavy atom. The number of rotatable bonds is 6. The lowest BCUT2D eigenvalue weighted by Gasteiger charge is -2.28. The van der Waals surface area contributed by atoms with Gasteiger partial charge in [-0.3, -0.25) is 29.4 Å². The van der Waals surface area contributed by atoms with Crippen LogP contribution in [0.2, 0.25) is 0 Å². The number of carbonyl (C=O) groups excluding carboxylic acids is 2. The van der Waals surface area contributed by atoms with E-state index in [4.69, 9.17) is 9.57 Å². The Bertz CT molecular complexity index is 1260. The van der Waals surface area contributed by atoms with Gasteiger partial charge >= 0.3 is 0 Å². The van der Waals surface area contributed by atoms with Gasteiger partial charge in [-0.15, -0.1) is 0 Å². The van der Waals surface area contributed by atoms with E-state index < -0.39 is 34.8 Å². The number of hydroxylamine groups is 1. The largest absolute Gasteiger partial charge is 0.496 e. The first kappa shape index (κ1) is 21.6. The molecule has 2 aliphatic rings. The molecule has 3 atom stereocenters. The van der Waals surface area contributed by atoms with Crippen LogP contribution in [0.4, 0.5) is 11.4 Å². The highest BCUT2D eigenvalue weighted by Gasteiger charge is 2.60. The summed E-state index contributed by atoms with van der Waals surface area (Å²) in [4.78, 5) is 45.1. The minimum absolute atomic E-state index is 0.0467. The molecule has 2 saturated heterocycles. The van der Waals surface area contributed by atoms with Crippen molar-refractivity contribution in [2.24, 2.45) is 5.92 Å². The molecule has 9 heteroatoms. The number of carbonyl (C=O) groups is 2. The molecule has 0 saturated carbocycles.